The maximum Gasteiger partial charge on any atom is 0.259 e. The van der Waals surface area contributed by atoms with E-state index in [1.165, 1.54) is 17.5 Å². The molecule has 8 heteroatoms. The largest absolute Gasteiger partial charge is 0.491 e. The Bertz CT molecular complexity index is 1090. The summed E-state index contributed by atoms with van der Waals surface area (Å²) in [4.78, 5) is 16.4. The van der Waals surface area contributed by atoms with Crippen molar-refractivity contribution in [3.05, 3.63) is 84.0 Å². The minimum atomic E-state index is -0.272. The molecule has 0 aliphatic heterocycles. The van der Waals surface area contributed by atoms with Crippen molar-refractivity contribution in [1.29, 1.82) is 0 Å². The molecule has 30 heavy (non-hydrogen) atoms. The van der Waals surface area contributed by atoms with Crippen LogP contribution in [-0.4, -0.2) is 34.2 Å². The first-order valence-corrected chi connectivity index (χ1v) is 10.2. The molecule has 0 saturated heterocycles. The van der Waals surface area contributed by atoms with Gasteiger partial charge in [0.15, 0.2) is 0 Å². The van der Waals surface area contributed by atoms with E-state index in [1.807, 2.05) is 42.5 Å². The number of ether oxygens (including phenoxy) is 1. The highest BCUT2D eigenvalue weighted by atomic mass is 32.1. The number of aromatic nitrogens is 3. The highest BCUT2D eigenvalue weighted by molar-refractivity contribution is 7.13. The van der Waals surface area contributed by atoms with Gasteiger partial charge in [-0.25, -0.2) is 4.98 Å². The van der Waals surface area contributed by atoms with Gasteiger partial charge in [0.2, 0.25) is 5.13 Å². The van der Waals surface area contributed by atoms with Crippen LogP contribution in [0.1, 0.15) is 10.4 Å². The lowest BCUT2D eigenvalue weighted by Gasteiger charge is -2.12. The average molecular weight is 417 g/mol. The van der Waals surface area contributed by atoms with Crippen LogP contribution in [0.4, 0.5) is 10.9 Å². The quantitative estimate of drug-likeness (QED) is 0.415. The number of hydrogen-bond donors (Lipinski definition) is 2. The number of hydrogen-bond acceptors (Lipinski definition) is 7. The number of benzene rings is 2. The zero-order valence-corrected chi connectivity index (χ0v) is 16.8. The molecule has 0 bridgehead atoms. The molecule has 7 nitrogen and oxygen atoms in total. The summed E-state index contributed by atoms with van der Waals surface area (Å²) >= 11 is 1.26. The van der Waals surface area contributed by atoms with Gasteiger partial charge in [-0.2, -0.15) is 0 Å². The first-order valence-electron chi connectivity index (χ1n) is 9.34. The Hall–Kier alpha value is -3.78. The number of amides is 1. The summed E-state index contributed by atoms with van der Waals surface area (Å²) in [6.45, 7) is 1.05. The molecule has 2 aromatic carbocycles. The molecule has 0 aliphatic carbocycles. The number of carbonyl (C=O) groups excluding carboxylic acids is 1. The fourth-order valence-corrected chi connectivity index (χ4v) is 3.26. The van der Waals surface area contributed by atoms with Crippen LogP contribution in [0.5, 0.6) is 5.75 Å². The molecular weight excluding hydrogens is 398 g/mol. The molecule has 4 aromatic rings. The van der Waals surface area contributed by atoms with Crippen molar-refractivity contribution in [2.24, 2.45) is 0 Å². The molecule has 0 atom stereocenters. The Balaban J connectivity index is 1.29. The van der Waals surface area contributed by atoms with Gasteiger partial charge >= 0.3 is 0 Å². The van der Waals surface area contributed by atoms with Gasteiger partial charge in [0.05, 0.1) is 12.1 Å². The van der Waals surface area contributed by atoms with Crippen LogP contribution >= 0.6 is 11.3 Å². The van der Waals surface area contributed by atoms with Crippen molar-refractivity contribution in [3.63, 3.8) is 0 Å². The van der Waals surface area contributed by atoms with E-state index < -0.39 is 0 Å². The van der Waals surface area contributed by atoms with E-state index in [2.05, 4.69) is 37.9 Å². The number of pyridine rings is 1. The van der Waals surface area contributed by atoms with Gasteiger partial charge in [-0.3, -0.25) is 10.1 Å². The Morgan fingerprint density at radius 3 is 2.60 bits per heavy atom. The van der Waals surface area contributed by atoms with Gasteiger partial charge in [0, 0.05) is 11.8 Å². The maximum absolute atomic E-state index is 12.1. The molecule has 0 saturated carbocycles. The van der Waals surface area contributed by atoms with E-state index >= 15 is 0 Å². The Morgan fingerprint density at radius 1 is 1.00 bits per heavy atom. The fourth-order valence-electron chi connectivity index (χ4n) is 2.82. The molecule has 4 rings (SSSR count). The summed E-state index contributed by atoms with van der Waals surface area (Å²) in [6, 6.07) is 21.6. The number of nitrogens with zero attached hydrogens (tertiary/aromatic N) is 3. The first kappa shape index (κ1) is 19.5. The second kappa shape index (κ2) is 9.62. The van der Waals surface area contributed by atoms with Gasteiger partial charge in [-0.1, -0.05) is 59.9 Å². The monoisotopic (exact) mass is 417 g/mol. The number of nitrogens with one attached hydrogen (secondary N) is 2. The topological polar surface area (TPSA) is 89.0 Å². The van der Waals surface area contributed by atoms with Crippen LogP contribution in [0.2, 0.25) is 0 Å². The summed E-state index contributed by atoms with van der Waals surface area (Å²) < 4.78 is 5.97. The molecule has 0 aliphatic rings. The van der Waals surface area contributed by atoms with Gasteiger partial charge < -0.3 is 10.1 Å². The molecular formula is C22H19N5O2S. The summed E-state index contributed by atoms with van der Waals surface area (Å²) in [6.07, 6.45) is 1.52. The van der Waals surface area contributed by atoms with Crippen molar-refractivity contribution < 1.29 is 9.53 Å². The second-order valence-electron chi connectivity index (χ2n) is 6.27. The number of para-hydroxylation sites is 1. The average Bonchev–Trinajstić information content (AvgIpc) is 3.31. The molecule has 2 N–H and O–H groups in total. The Morgan fingerprint density at radius 2 is 1.83 bits per heavy atom. The lowest BCUT2D eigenvalue weighted by molar-refractivity contribution is 0.102. The number of carbonyl (C=O) groups is 1. The molecule has 2 heterocycles. The zero-order valence-electron chi connectivity index (χ0n) is 16.0. The second-order valence-corrected chi connectivity index (χ2v) is 7.10. The van der Waals surface area contributed by atoms with Crippen LogP contribution < -0.4 is 15.4 Å². The van der Waals surface area contributed by atoms with E-state index in [4.69, 9.17) is 4.74 Å². The van der Waals surface area contributed by atoms with Crippen molar-refractivity contribution in [1.82, 2.24) is 15.2 Å². The summed E-state index contributed by atoms with van der Waals surface area (Å²) in [5.41, 5.74) is 4.18. The lowest BCUT2D eigenvalue weighted by Crippen LogP contribution is -2.14. The van der Waals surface area contributed by atoms with Crippen LogP contribution in [-0.2, 0) is 0 Å². The molecule has 0 fully saturated rings. The Labute approximate surface area is 177 Å². The van der Waals surface area contributed by atoms with Gasteiger partial charge in [-0.15, -0.1) is 10.2 Å². The maximum atomic E-state index is 12.1. The summed E-state index contributed by atoms with van der Waals surface area (Å²) in [7, 11) is 0. The number of anilines is 2. The van der Waals surface area contributed by atoms with Crippen molar-refractivity contribution in [2.75, 3.05) is 23.8 Å². The van der Waals surface area contributed by atoms with E-state index in [-0.39, 0.29) is 5.91 Å². The highest BCUT2D eigenvalue weighted by Gasteiger charge is 2.09. The van der Waals surface area contributed by atoms with Crippen LogP contribution in [0.3, 0.4) is 0 Å². The minimum absolute atomic E-state index is 0.272. The van der Waals surface area contributed by atoms with Crippen LogP contribution in [0.15, 0.2) is 78.4 Å². The van der Waals surface area contributed by atoms with E-state index in [0.717, 1.165) is 16.9 Å². The smallest absolute Gasteiger partial charge is 0.259 e. The minimum Gasteiger partial charge on any atom is -0.491 e. The van der Waals surface area contributed by atoms with Crippen molar-refractivity contribution in [2.45, 2.75) is 0 Å². The normalized spacial score (nSPS) is 10.4. The van der Waals surface area contributed by atoms with Crippen LogP contribution in [0, 0.1) is 0 Å². The Kier molecular flexibility index (Phi) is 6.26. The molecule has 1 amide bonds. The summed E-state index contributed by atoms with van der Waals surface area (Å²) in [5.74, 6) is 1.23. The predicted molar refractivity (Wildman–Crippen MR) is 118 cm³/mol. The third-order valence-corrected chi connectivity index (χ3v) is 4.85. The van der Waals surface area contributed by atoms with Gasteiger partial charge in [-0.05, 0) is 23.8 Å². The van der Waals surface area contributed by atoms with E-state index in [1.54, 1.807) is 17.6 Å². The van der Waals surface area contributed by atoms with Gasteiger partial charge in [0.25, 0.3) is 5.91 Å². The standard InChI is InChI=1S/C22H19N5O2S/c28-21(26-22-27-25-15-30-22)17-10-11-20(24-14-17)23-12-13-29-19-9-5-4-8-18(19)16-6-2-1-3-7-16/h1-11,14-15H,12-13H2,(H,23,24)(H,26,27,28). The first-order chi connectivity index (χ1) is 14.8. The fraction of sp³-hybridized carbons (Fsp3) is 0.0909. The van der Waals surface area contributed by atoms with E-state index in [9.17, 15) is 4.79 Å². The molecule has 2 aromatic heterocycles. The van der Waals surface area contributed by atoms with Gasteiger partial charge in [0.1, 0.15) is 23.7 Å². The number of rotatable bonds is 8. The highest BCUT2D eigenvalue weighted by Crippen LogP contribution is 2.29. The third kappa shape index (κ3) is 4.98. The van der Waals surface area contributed by atoms with Crippen molar-refractivity contribution in [3.8, 4) is 16.9 Å². The predicted octanol–water partition coefficient (Wildman–Crippen LogP) is 4.34. The third-order valence-electron chi connectivity index (χ3n) is 4.24. The van der Waals surface area contributed by atoms with Crippen LogP contribution in [0.25, 0.3) is 11.1 Å². The van der Waals surface area contributed by atoms with E-state index in [0.29, 0.717) is 29.7 Å². The zero-order chi connectivity index (χ0) is 20.6. The lowest BCUT2D eigenvalue weighted by atomic mass is 10.1. The molecule has 0 unspecified atom stereocenters. The SMILES string of the molecule is O=C(Nc1nncs1)c1ccc(NCCOc2ccccc2-c2ccccc2)nc1. The summed E-state index contributed by atoms with van der Waals surface area (Å²) in [5, 5.41) is 13.8. The molecule has 0 spiro atoms. The molecule has 150 valence electrons. The molecule has 0 radical (unpaired) electrons. The van der Waals surface area contributed by atoms with Crippen molar-refractivity contribution >= 4 is 28.2 Å².